The molecular formula is C10H14N4O2. The van der Waals surface area contributed by atoms with Crippen molar-refractivity contribution in [2.75, 3.05) is 0 Å². The lowest BCUT2D eigenvalue weighted by Crippen LogP contribution is -2.04. The minimum atomic E-state index is -0.0990. The van der Waals surface area contributed by atoms with Gasteiger partial charge in [-0.3, -0.25) is 0 Å². The third-order valence-corrected chi connectivity index (χ3v) is 2.25. The molecule has 86 valence electrons. The second-order valence-electron chi connectivity index (χ2n) is 3.83. The Hall–Kier alpha value is -1.69. The summed E-state index contributed by atoms with van der Waals surface area (Å²) in [5.74, 6) is 2.05. The zero-order valence-corrected chi connectivity index (χ0v) is 9.29. The number of hydrogen-bond acceptors (Lipinski definition) is 5. The minimum absolute atomic E-state index is 0.0990. The van der Waals surface area contributed by atoms with E-state index in [1.807, 2.05) is 13.8 Å². The summed E-state index contributed by atoms with van der Waals surface area (Å²) in [7, 11) is 0. The van der Waals surface area contributed by atoms with E-state index in [0.29, 0.717) is 24.1 Å². The van der Waals surface area contributed by atoms with E-state index in [0.717, 1.165) is 0 Å². The molecule has 0 spiro atoms. The summed E-state index contributed by atoms with van der Waals surface area (Å²) >= 11 is 0. The SMILES string of the molecule is CC(C)c1noc(Cn2ccnc2CO)n1. The quantitative estimate of drug-likeness (QED) is 0.832. The summed E-state index contributed by atoms with van der Waals surface area (Å²) in [5.41, 5.74) is 0. The summed E-state index contributed by atoms with van der Waals surface area (Å²) in [4.78, 5) is 8.25. The van der Waals surface area contributed by atoms with Crippen LogP contribution in [-0.4, -0.2) is 24.8 Å². The van der Waals surface area contributed by atoms with E-state index in [2.05, 4.69) is 15.1 Å². The van der Waals surface area contributed by atoms with Gasteiger partial charge in [0, 0.05) is 18.3 Å². The fraction of sp³-hybridized carbons (Fsp3) is 0.500. The Balaban J connectivity index is 2.14. The van der Waals surface area contributed by atoms with Gasteiger partial charge in [0.2, 0.25) is 5.89 Å². The number of imidazole rings is 1. The van der Waals surface area contributed by atoms with Crippen LogP contribution >= 0.6 is 0 Å². The van der Waals surface area contributed by atoms with Gasteiger partial charge < -0.3 is 14.2 Å². The summed E-state index contributed by atoms with van der Waals surface area (Å²) in [5, 5.41) is 12.9. The fourth-order valence-corrected chi connectivity index (χ4v) is 1.35. The van der Waals surface area contributed by atoms with Crippen LogP contribution in [0.3, 0.4) is 0 Å². The van der Waals surface area contributed by atoms with Gasteiger partial charge in [0.1, 0.15) is 19.0 Å². The van der Waals surface area contributed by atoms with Crippen molar-refractivity contribution in [2.45, 2.75) is 32.9 Å². The van der Waals surface area contributed by atoms with E-state index in [-0.39, 0.29) is 12.5 Å². The van der Waals surface area contributed by atoms with Gasteiger partial charge in [-0.2, -0.15) is 4.98 Å². The molecule has 0 fully saturated rings. The van der Waals surface area contributed by atoms with E-state index in [4.69, 9.17) is 9.63 Å². The largest absolute Gasteiger partial charge is 0.388 e. The smallest absolute Gasteiger partial charge is 0.246 e. The highest BCUT2D eigenvalue weighted by Crippen LogP contribution is 2.11. The molecule has 2 heterocycles. The maximum Gasteiger partial charge on any atom is 0.246 e. The van der Waals surface area contributed by atoms with Crippen molar-refractivity contribution in [1.82, 2.24) is 19.7 Å². The van der Waals surface area contributed by atoms with Gasteiger partial charge in [-0.1, -0.05) is 19.0 Å². The standard InChI is InChI=1S/C10H14N4O2/c1-7(2)10-12-9(16-13-10)5-14-4-3-11-8(14)6-15/h3-4,7,15H,5-6H2,1-2H3. The molecule has 2 rings (SSSR count). The topological polar surface area (TPSA) is 77.0 Å². The number of aliphatic hydroxyl groups excluding tert-OH is 1. The molecule has 2 aromatic heterocycles. The molecule has 0 aliphatic rings. The van der Waals surface area contributed by atoms with Crippen LogP contribution in [-0.2, 0) is 13.2 Å². The number of aromatic nitrogens is 4. The number of rotatable bonds is 4. The predicted octanol–water partition coefficient (Wildman–Crippen LogP) is 0.930. The molecule has 0 aromatic carbocycles. The molecule has 0 aliphatic carbocycles. The fourth-order valence-electron chi connectivity index (χ4n) is 1.35. The van der Waals surface area contributed by atoms with Gasteiger partial charge in [0.15, 0.2) is 5.82 Å². The van der Waals surface area contributed by atoms with Crippen molar-refractivity contribution in [1.29, 1.82) is 0 Å². The molecule has 6 heteroatoms. The maximum absolute atomic E-state index is 9.03. The van der Waals surface area contributed by atoms with Gasteiger partial charge in [-0.25, -0.2) is 4.98 Å². The van der Waals surface area contributed by atoms with Crippen LogP contribution in [0.2, 0.25) is 0 Å². The molecule has 0 amide bonds. The molecule has 0 radical (unpaired) electrons. The molecule has 0 saturated heterocycles. The van der Waals surface area contributed by atoms with Gasteiger partial charge in [-0.05, 0) is 0 Å². The Morgan fingerprint density at radius 1 is 1.50 bits per heavy atom. The van der Waals surface area contributed by atoms with Crippen molar-refractivity contribution in [2.24, 2.45) is 0 Å². The molecule has 0 bridgehead atoms. The molecule has 0 unspecified atom stereocenters. The first-order valence-electron chi connectivity index (χ1n) is 5.14. The third-order valence-electron chi connectivity index (χ3n) is 2.25. The molecule has 0 atom stereocenters. The van der Waals surface area contributed by atoms with E-state index in [9.17, 15) is 0 Å². The normalized spacial score (nSPS) is 11.2. The van der Waals surface area contributed by atoms with E-state index < -0.39 is 0 Å². The lowest BCUT2D eigenvalue weighted by Gasteiger charge is -2.00. The minimum Gasteiger partial charge on any atom is -0.388 e. The van der Waals surface area contributed by atoms with E-state index in [1.165, 1.54) is 0 Å². The summed E-state index contributed by atoms with van der Waals surface area (Å²) in [6.45, 7) is 4.35. The first kappa shape index (κ1) is 10.8. The predicted molar refractivity (Wildman–Crippen MR) is 55.6 cm³/mol. The Morgan fingerprint density at radius 3 is 2.94 bits per heavy atom. The third kappa shape index (κ3) is 2.11. The van der Waals surface area contributed by atoms with Gasteiger partial charge in [-0.15, -0.1) is 0 Å². The van der Waals surface area contributed by atoms with Gasteiger partial charge in [0.25, 0.3) is 0 Å². The summed E-state index contributed by atoms with van der Waals surface area (Å²) in [6.07, 6.45) is 3.40. The first-order chi connectivity index (χ1) is 7.70. The zero-order valence-electron chi connectivity index (χ0n) is 9.29. The van der Waals surface area contributed by atoms with Crippen LogP contribution in [0.25, 0.3) is 0 Å². The second kappa shape index (κ2) is 4.44. The molecule has 16 heavy (non-hydrogen) atoms. The monoisotopic (exact) mass is 222 g/mol. The Labute approximate surface area is 92.9 Å². The lowest BCUT2D eigenvalue weighted by molar-refractivity contribution is 0.264. The Morgan fingerprint density at radius 2 is 2.31 bits per heavy atom. The van der Waals surface area contributed by atoms with Crippen LogP contribution in [0, 0.1) is 0 Å². The Bertz CT molecular complexity index is 461. The molecule has 0 saturated carbocycles. The molecule has 2 aromatic rings. The number of hydrogen-bond donors (Lipinski definition) is 1. The lowest BCUT2D eigenvalue weighted by atomic mass is 10.2. The van der Waals surface area contributed by atoms with E-state index in [1.54, 1.807) is 17.0 Å². The van der Waals surface area contributed by atoms with E-state index >= 15 is 0 Å². The second-order valence-corrected chi connectivity index (χ2v) is 3.83. The molecule has 6 nitrogen and oxygen atoms in total. The van der Waals surface area contributed by atoms with Crippen LogP contribution in [0.1, 0.15) is 37.3 Å². The van der Waals surface area contributed by atoms with Crippen molar-refractivity contribution < 1.29 is 9.63 Å². The van der Waals surface area contributed by atoms with Crippen molar-refractivity contribution >= 4 is 0 Å². The average molecular weight is 222 g/mol. The van der Waals surface area contributed by atoms with Crippen molar-refractivity contribution in [3.63, 3.8) is 0 Å². The average Bonchev–Trinajstić information content (AvgIpc) is 2.87. The molecule has 0 aliphatic heterocycles. The summed E-state index contributed by atoms with van der Waals surface area (Å²) < 4.78 is 6.88. The van der Waals surface area contributed by atoms with Crippen LogP contribution in [0.5, 0.6) is 0 Å². The number of nitrogens with zero attached hydrogens (tertiary/aromatic N) is 4. The Kier molecular flexibility index (Phi) is 3.00. The highest BCUT2D eigenvalue weighted by atomic mass is 16.5. The van der Waals surface area contributed by atoms with Crippen molar-refractivity contribution in [3.05, 3.63) is 29.9 Å². The number of aliphatic hydroxyl groups is 1. The van der Waals surface area contributed by atoms with Crippen LogP contribution < -0.4 is 0 Å². The first-order valence-corrected chi connectivity index (χ1v) is 5.14. The van der Waals surface area contributed by atoms with Gasteiger partial charge >= 0.3 is 0 Å². The highest BCUT2D eigenvalue weighted by Gasteiger charge is 2.11. The van der Waals surface area contributed by atoms with Crippen molar-refractivity contribution in [3.8, 4) is 0 Å². The van der Waals surface area contributed by atoms with Crippen LogP contribution in [0.4, 0.5) is 0 Å². The summed E-state index contributed by atoms with van der Waals surface area (Å²) in [6, 6.07) is 0. The zero-order chi connectivity index (χ0) is 11.5. The molecule has 1 N–H and O–H groups in total. The molecular weight excluding hydrogens is 208 g/mol. The van der Waals surface area contributed by atoms with Gasteiger partial charge in [0.05, 0.1) is 0 Å². The van der Waals surface area contributed by atoms with Crippen LogP contribution in [0.15, 0.2) is 16.9 Å². The highest BCUT2D eigenvalue weighted by molar-refractivity contribution is 4.96. The maximum atomic E-state index is 9.03.